The van der Waals surface area contributed by atoms with Gasteiger partial charge in [0.1, 0.15) is 4.60 Å². The van der Waals surface area contributed by atoms with Crippen molar-refractivity contribution in [2.75, 3.05) is 0 Å². The second kappa shape index (κ2) is 3.64. The molecular weight excluding hydrogens is 296 g/mol. The molecule has 0 radical (unpaired) electrons. The van der Waals surface area contributed by atoms with Crippen molar-refractivity contribution < 1.29 is 8.22 Å². The van der Waals surface area contributed by atoms with E-state index >= 15 is 0 Å². The third-order valence-corrected chi connectivity index (χ3v) is 2.00. The van der Waals surface area contributed by atoms with Gasteiger partial charge in [0.15, 0.2) is 0 Å². The van der Waals surface area contributed by atoms with Crippen molar-refractivity contribution in [1.29, 1.82) is 0 Å². The van der Waals surface area contributed by atoms with Crippen LogP contribution in [-0.2, 0) is 0 Å². The van der Waals surface area contributed by atoms with E-state index in [1.54, 1.807) is 0 Å². The van der Waals surface area contributed by atoms with Crippen molar-refractivity contribution in [3.63, 3.8) is 0 Å². The van der Waals surface area contributed by atoms with Gasteiger partial charge in [0, 0.05) is 10.6 Å². The van der Waals surface area contributed by atoms with Crippen LogP contribution in [0.3, 0.4) is 0 Å². The quantitative estimate of drug-likeness (QED) is 0.789. The minimum absolute atomic E-state index is 0.0565. The molecule has 2 aromatic rings. The monoisotopic (exact) mass is 306 g/mol. The van der Waals surface area contributed by atoms with Crippen LogP contribution in [0, 0.1) is 0 Å². The first-order valence-corrected chi connectivity index (χ1v) is 4.83. The minimum atomic E-state index is -0.373. The predicted molar refractivity (Wildman–Crippen MR) is 59.0 cm³/mol. The third-order valence-electron chi connectivity index (χ3n) is 1.25. The number of halogens is 2. The maximum absolute atomic E-state index is 7.90. The van der Waals surface area contributed by atoms with Crippen LogP contribution < -0.4 is 0 Å². The van der Waals surface area contributed by atoms with Gasteiger partial charge in [-0.3, -0.25) is 0 Å². The number of hydrogen-bond acceptors (Lipinski definition) is 1. The Morgan fingerprint density at radius 3 is 2.85 bits per heavy atom. The Kier molecular flexibility index (Phi) is 1.20. The van der Waals surface area contributed by atoms with Crippen molar-refractivity contribution in [2.45, 2.75) is 0 Å². The highest BCUT2D eigenvalue weighted by atomic mass is 79.9. The molecule has 66 valence electrons. The zero-order valence-electron chi connectivity index (χ0n) is 12.2. The summed E-state index contributed by atoms with van der Waals surface area (Å²) in [5.41, 5.74) is -0.0999. The molecule has 2 rings (SSSR count). The molecule has 1 aromatic carbocycles. The standard InChI is InChI=1S/C9H6Br2N2/c10-7-2-1-3-8(6-7)13-5-4-9(11)12-13/h1-6H/i1D,2D,3D,4D,5D,6D. The summed E-state index contributed by atoms with van der Waals surface area (Å²) in [6.07, 6.45) is -0.294. The highest BCUT2D eigenvalue weighted by Gasteiger charge is 1.98. The van der Waals surface area contributed by atoms with Gasteiger partial charge in [0.2, 0.25) is 0 Å². The molecule has 13 heavy (non-hydrogen) atoms. The van der Waals surface area contributed by atoms with Crippen LogP contribution in [0.5, 0.6) is 0 Å². The molecule has 0 saturated carbocycles. The van der Waals surface area contributed by atoms with Crippen molar-refractivity contribution in [3.05, 3.63) is 45.5 Å². The van der Waals surface area contributed by atoms with E-state index < -0.39 is 0 Å². The van der Waals surface area contributed by atoms with Crippen molar-refractivity contribution in [1.82, 2.24) is 9.78 Å². The molecule has 1 heterocycles. The summed E-state index contributed by atoms with van der Waals surface area (Å²) in [5.74, 6) is 0. The molecule has 1 aromatic heterocycles. The molecule has 0 aliphatic rings. The first-order valence-electron chi connectivity index (χ1n) is 6.25. The van der Waals surface area contributed by atoms with Gasteiger partial charge in [-0.25, -0.2) is 4.68 Å². The third kappa shape index (κ3) is 2.00. The van der Waals surface area contributed by atoms with Gasteiger partial charge < -0.3 is 0 Å². The first kappa shape index (κ1) is 4.28. The summed E-state index contributed by atoms with van der Waals surface area (Å²) in [5, 5.41) is 3.87. The van der Waals surface area contributed by atoms with E-state index in [4.69, 9.17) is 8.22 Å². The van der Waals surface area contributed by atoms with Crippen LogP contribution in [-0.4, -0.2) is 9.78 Å². The molecule has 0 atom stereocenters. The lowest BCUT2D eigenvalue weighted by Gasteiger charge is -2.00. The van der Waals surface area contributed by atoms with Crippen LogP contribution in [0.2, 0.25) is 0 Å². The fourth-order valence-corrected chi connectivity index (χ4v) is 1.29. The summed E-state index contributed by atoms with van der Waals surface area (Å²) in [7, 11) is 0. The Morgan fingerprint density at radius 1 is 1.31 bits per heavy atom. The number of nitrogens with zero attached hydrogens (tertiary/aromatic N) is 2. The second-order valence-electron chi connectivity index (χ2n) is 2.10. The van der Waals surface area contributed by atoms with E-state index in [0.717, 1.165) is 4.68 Å². The van der Waals surface area contributed by atoms with Crippen LogP contribution in [0.4, 0.5) is 0 Å². The average Bonchev–Trinajstić information content (AvgIpc) is 2.62. The molecular formula is C9H6Br2N2. The highest BCUT2D eigenvalue weighted by molar-refractivity contribution is 9.10. The zero-order chi connectivity index (χ0) is 14.5. The summed E-state index contributed by atoms with van der Waals surface area (Å²) in [6, 6.07) is -1.38. The van der Waals surface area contributed by atoms with E-state index in [1.807, 2.05) is 0 Å². The smallest absolute Gasteiger partial charge is 0.128 e. The molecule has 0 N–H and O–H groups in total. The molecule has 2 nitrogen and oxygen atoms in total. The van der Waals surface area contributed by atoms with E-state index in [9.17, 15) is 0 Å². The molecule has 0 unspecified atom stereocenters. The molecule has 0 fully saturated rings. The van der Waals surface area contributed by atoms with Crippen molar-refractivity contribution in [2.24, 2.45) is 0 Å². The lowest BCUT2D eigenvalue weighted by atomic mass is 10.3. The molecule has 0 bridgehead atoms. The summed E-state index contributed by atoms with van der Waals surface area (Å²) >= 11 is 6.03. The van der Waals surface area contributed by atoms with Crippen LogP contribution >= 0.6 is 31.9 Å². The maximum atomic E-state index is 7.90. The van der Waals surface area contributed by atoms with Gasteiger partial charge in [0.05, 0.1) is 13.9 Å². The van der Waals surface area contributed by atoms with Crippen molar-refractivity contribution in [3.8, 4) is 5.69 Å². The van der Waals surface area contributed by atoms with Gasteiger partial charge in [0.25, 0.3) is 0 Å². The number of rotatable bonds is 1. The highest BCUT2D eigenvalue weighted by Crippen LogP contribution is 2.16. The number of hydrogen-bond donors (Lipinski definition) is 0. The van der Waals surface area contributed by atoms with Gasteiger partial charge in [-0.05, 0) is 40.1 Å². The van der Waals surface area contributed by atoms with E-state index in [-0.39, 0.29) is 51.1 Å². The Hall–Kier alpha value is -0.610. The predicted octanol–water partition coefficient (Wildman–Crippen LogP) is 3.40. The summed E-state index contributed by atoms with van der Waals surface area (Å²) in [4.78, 5) is 0. The van der Waals surface area contributed by atoms with E-state index in [2.05, 4.69) is 37.0 Å². The largest absolute Gasteiger partial charge is 0.240 e. The number of aromatic nitrogens is 2. The Balaban J connectivity index is 2.87. The molecule has 4 heteroatoms. The molecule has 0 aliphatic carbocycles. The normalized spacial score (nSPS) is 16.8. The van der Waals surface area contributed by atoms with E-state index in [0.29, 0.717) is 0 Å². The Labute approximate surface area is 101 Å². The van der Waals surface area contributed by atoms with Crippen LogP contribution in [0.25, 0.3) is 5.69 Å². The minimum Gasteiger partial charge on any atom is -0.240 e. The molecule has 0 aliphatic heterocycles. The maximum Gasteiger partial charge on any atom is 0.128 e. The van der Waals surface area contributed by atoms with Gasteiger partial charge in [-0.2, -0.15) is 5.10 Å². The van der Waals surface area contributed by atoms with Gasteiger partial charge in [-0.1, -0.05) is 22.0 Å². The second-order valence-corrected chi connectivity index (χ2v) is 3.65. The van der Waals surface area contributed by atoms with Crippen LogP contribution in [0.1, 0.15) is 8.22 Å². The first-order chi connectivity index (χ1) is 8.77. The summed E-state index contributed by atoms with van der Waals surface area (Å²) < 4.78 is 47.4. The van der Waals surface area contributed by atoms with Gasteiger partial charge in [-0.15, -0.1) is 0 Å². The fraction of sp³-hybridized carbons (Fsp3) is 0. The lowest BCUT2D eigenvalue weighted by Crippen LogP contribution is -1.93. The Bertz CT molecular complexity index is 655. The average molecular weight is 308 g/mol. The van der Waals surface area contributed by atoms with Gasteiger partial charge >= 0.3 is 0 Å². The topological polar surface area (TPSA) is 17.8 Å². The number of benzene rings is 1. The molecule has 0 saturated heterocycles. The van der Waals surface area contributed by atoms with Crippen LogP contribution in [0.15, 0.2) is 45.5 Å². The molecule has 0 amide bonds. The van der Waals surface area contributed by atoms with Crippen molar-refractivity contribution >= 4 is 31.9 Å². The summed E-state index contributed by atoms with van der Waals surface area (Å²) in [6.45, 7) is 0. The zero-order valence-corrected chi connectivity index (χ0v) is 9.32. The fourth-order valence-electron chi connectivity index (χ4n) is 0.760. The van der Waals surface area contributed by atoms with E-state index in [1.165, 1.54) is 0 Å². The Morgan fingerprint density at radius 2 is 2.15 bits per heavy atom. The molecule has 0 spiro atoms. The lowest BCUT2D eigenvalue weighted by molar-refractivity contribution is 0.870. The SMILES string of the molecule is [2H]c1c([2H])c(Br)c([2H])c(-n2nc(Br)c([2H])c2[2H])c1[2H].